The van der Waals surface area contributed by atoms with Gasteiger partial charge in [0.2, 0.25) is 0 Å². The number of nitrogens with zero attached hydrogens (tertiary/aromatic N) is 1. The normalized spacial score (nSPS) is 6.00. The van der Waals surface area contributed by atoms with Crippen molar-refractivity contribution in [2.45, 2.75) is 0 Å². The average molecular weight is 128 g/mol. The van der Waals surface area contributed by atoms with Crippen LogP contribution in [0.2, 0.25) is 0 Å². The molecule has 0 aromatic carbocycles. The Balaban J connectivity index is 0.000000145. The first-order chi connectivity index (χ1) is 3.91. The molecule has 0 bridgehead atoms. The summed E-state index contributed by atoms with van der Waals surface area (Å²) in [6, 6.07) is 0. The molecule has 0 saturated carbocycles. The second kappa shape index (κ2) is 6.03. The zero-order valence-corrected chi connectivity index (χ0v) is 5.00. The molecule has 0 spiro atoms. The highest BCUT2D eigenvalue weighted by atomic mass is 28.2. The molecular weight excluding hydrogens is 124 g/mol. The molecule has 1 aromatic rings. The lowest BCUT2D eigenvalue weighted by Gasteiger charge is -1.46. The summed E-state index contributed by atoms with van der Waals surface area (Å²) in [5, 5.41) is 0. The molecule has 0 aliphatic rings. The molecule has 1 rings (SSSR count). The number of H-pyrrole nitrogens is 1. The van der Waals surface area contributed by atoms with Gasteiger partial charge in [0.15, 0.2) is 0 Å². The summed E-state index contributed by atoms with van der Waals surface area (Å²) in [5.41, 5.74) is 0. The smallest absolute Gasteiger partial charge is 0.351 e. The van der Waals surface area contributed by atoms with Crippen molar-refractivity contribution in [3.05, 3.63) is 18.7 Å². The molecule has 0 unspecified atom stereocenters. The van der Waals surface area contributed by atoms with Gasteiger partial charge in [0.05, 0.1) is 6.33 Å². The van der Waals surface area contributed by atoms with E-state index in [2.05, 4.69) is 9.97 Å². The molecule has 5 heteroatoms. The molecule has 0 radical (unpaired) electrons. The Bertz CT molecular complexity index is 127. The number of nitrogens with one attached hydrogen (secondary N) is 1. The van der Waals surface area contributed by atoms with E-state index in [1.54, 1.807) is 18.7 Å². The number of rotatable bonds is 0. The molecule has 0 fully saturated rings. The first kappa shape index (κ1) is 7.03. The van der Waals surface area contributed by atoms with Crippen LogP contribution in [0.5, 0.6) is 0 Å². The highest BCUT2D eigenvalue weighted by Crippen LogP contribution is 1.62. The molecule has 0 atom stereocenters. The fourth-order valence-electron chi connectivity index (χ4n) is 0.215. The minimum Gasteiger partial charge on any atom is -0.351 e. The standard InChI is InChI=1S/C3H4N2.O2Si/c1-2-5-3-4-1;1-3-2/h1-3H,(H,4,5);. The summed E-state index contributed by atoms with van der Waals surface area (Å²) in [7, 11) is -1.42. The number of hydrogen-bond donors (Lipinski definition) is 1. The summed E-state index contributed by atoms with van der Waals surface area (Å²) >= 11 is 0. The first-order valence-electron chi connectivity index (χ1n) is 1.84. The van der Waals surface area contributed by atoms with Crippen LogP contribution in [0.25, 0.3) is 0 Å². The van der Waals surface area contributed by atoms with E-state index in [1.165, 1.54) is 0 Å². The van der Waals surface area contributed by atoms with Crippen molar-refractivity contribution < 1.29 is 8.92 Å². The maximum Gasteiger partial charge on any atom is 0.549 e. The van der Waals surface area contributed by atoms with Crippen LogP contribution in [0.1, 0.15) is 0 Å². The highest BCUT2D eigenvalue weighted by molar-refractivity contribution is 5.94. The van der Waals surface area contributed by atoms with Crippen LogP contribution in [0, 0.1) is 0 Å². The maximum absolute atomic E-state index is 8.40. The van der Waals surface area contributed by atoms with Crippen molar-refractivity contribution in [2.75, 3.05) is 0 Å². The van der Waals surface area contributed by atoms with Gasteiger partial charge in [-0.15, -0.1) is 0 Å². The van der Waals surface area contributed by atoms with E-state index < -0.39 is 9.29 Å². The Morgan fingerprint density at radius 2 is 2.12 bits per heavy atom. The zero-order valence-electron chi connectivity index (χ0n) is 4.00. The Hall–Kier alpha value is -0.973. The van der Waals surface area contributed by atoms with Gasteiger partial charge in [-0.25, -0.2) is 4.98 Å². The van der Waals surface area contributed by atoms with Gasteiger partial charge in [-0.05, 0) is 0 Å². The van der Waals surface area contributed by atoms with Crippen LogP contribution in [0.15, 0.2) is 18.7 Å². The van der Waals surface area contributed by atoms with Crippen molar-refractivity contribution in [2.24, 2.45) is 0 Å². The van der Waals surface area contributed by atoms with Crippen molar-refractivity contribution in [3.8, 4) is 0 Å². The maximum atomic E-state index is 8.40. The number of aromatic nitrogens is 2. The molecule has 1 aromatic heterocycles. The van der Waals surface area contributed by atoms with Gasteiger partial charge in [-0.3, -0.25) is 8.92 Å². The van der Waals surface area contributed by atoms with Crippen molar-refractivity contribution in [1.29, 1.82) is 0 Å². The topological polar surface area (TPSA) is 62.8 Å². The molecule has 0 aliphatic carbocycles. The molecule has 0 amide bonds. The third kappa shape index (κ3) is 5.03. The van der Waals surface area contributed by atoms with Gasteiger partial charge in [0.1, 0.15) is 0 Å². The Kier molecular flexibility index (Phi) is 5.29. The van der Waals surface area contributed by atoms with Crippen LogP contribution in [-0.4, -0.2) is 19.3 Å². The van der Waals surface area contributed by atoms with E-state index in [1.807, 2.05) is 0 Å². The lowest BCUT2D eigenvalue weighted by molar-refractivity contribution is 0.497. The van der Waals surface area contributed by atoms with E-state index >= 15 is 0 Å². The zero-order chi connectivity index (χ0) is 6.24. The van der Waals surface area contributed by atoms with E-state index in [-0.39, 0.29) is 0 Å². The van der Waals surface area contributed by atoms with Gasteiger partial charge in [-0.1, -0.05) is 0 Å². The van der Waals surface area contributed by atoms with E-state index in [0.29, 0.717) is 0 Å². The van der Waals surface area contributed by atoms with E-state index in [0.717, 1.165) is 0 Å². The van der Waals surface area contributed by atoms with Crippen molar-refractivity contribution in [3.63, 3.8) is 0 Å². The highest BCUT2D eigenvalue weighted by Gasteiger charge is 1.56. The van der Waals surface area contributed by atoms with E-state index in [4.69, 9.17) is 8.92 Å². The van der Waals surface area contributed by atoms with Crippen LogP contribution in [0.3, 0.4) is 0 Å². The average Bonchev–Trinajstić information content (AvgIpc) is 2.17. The van der Waals surface area contributed by atoms with Gasteiger partial charge in [-0.2, -0.15) is 0 Å². The fraction of sp³-hybridized carbons (Fsp3) is 0. The molecule has 0 aliphatic heterocycles. The summed E-state index contributed by atoms with van der Waals surface area (Å²) in [5.74, 6) is 0. The summed E-state index contributed by atoms with van der Waals surface area (Å²) in [6.45, 7) is 0. The van der Waals surface area contributed by atoms with Gasteiger partial charge < -0.3 is 4.98 Å². The fourth-order valence-corrected chi connectivity index (χ4v) is 0.215. The van der Waals surface area contributed by atoms with Gasteiger partial charge in [0.25, 0.3) is 0 Å². The van der Waals surface area contributed by atoms with Crippen LogP contribution in [0.4, 0.5) is 0 Å². The minimum absolute atomic E-state index is 1.42. The van der Waals surface area contributed by atoms with Crippen LogP contribution >= 0.6 is 0 Å². The number of aromatic amines is 1. The molecule has 8 heavy (non-hydrogen) atoms. The SMILES string of the molecule is O=[Si]=O.c1c[nH]cn1. The van der Waals surface area contributed by atoms with E-state index in [9.17, 15) is 0 Å². The monoisotopic (exact) mass is 128 g/mol. The second-order valence-electron chi connectivity index (χ2n) is 0.844. The summed E-state index contributed by atoms with van der Waals surface area (Å²) < 4.78 is 16.8. The Labute approximate surface area is 47.9 Å². The minimum atomic E-state index is -1.42. The predicted octanol–water partition coefficient (Wildman–Crippen LogP) is -0.209. The summed E-state index contributed by atoms with van der Waals surface area (Å²) in [6.07, 6.45) is 5.08. The number of hydrogen-bond acceptors (Lipinski definition) is 3. The third-order valence-corrected chi connectivity index (χ3v) is 0.406. The first-order valence-corrected chi connectivity index (χ1v) is 2.65. The lowest BCUT2D eigenvalue weighted by Crippen LogP contribution is -1.44. The molecular formula is C3H4N2O2Si. The Morgan fingerprint density at radius 3 is 2.25 bits per heavy atom. The molecule has 0 saturated heterocycles. The van der Waals surface area contributed by atoms with Crippen LogP contribution < -0.4 is 0 Å². The van der Waals surface area contributed by atoms with Gasteiger partial charge >= 0.3 is 9.29 Å². The van der Waals surface area contributed by atoms with Crippen molar-refractivity contribution in [1.82, 2.24) is 9.97 Å². The van der Waals surface area contributed by atoms with Crippen LogP contribution in [-0.2, 0) is 8.92 Å². The third-order valence-electron chi connectivity index (χ3n) is 0.406. The lowest BCUT2D eigenvalue weighted by atomic mass is 11.0. The predicted molar refractivity (Wildman–Crippen MR) is 25.7 cm³/mol. The second-order valence-corrected chi connectivity index (χ2v) is 1.01. The molecule has 1 N–H and O–H groups in total. The number of imidazole rings is 1. The summed E-state index contributed by atoms with van der Waals surface area (Å²) in [4.78, 5) is 6.42. The Morgan fingerprint density at radius 1 is 1.50 bits per heavy atom. The molecule has 42 valence electrons. The quantitative estimate of drug-likeness (QED) is 0.492. The van der Waals surface area contributed by atoms with Crippen molar-refractivity contribution >= 4 is 9.29 Å². The largest absolute Gasteiger partial charge is 0.549 e. The molecule has 4 nitrogen and oxygen atoms in total. The van der Waals surface area contributed by atoms with Gasteiger partial charge in [0, 0.05) is 12.4 Å². The molecule has 1 heterocycles.